The molecule has 11 heteroatoms. The predicted octanol–water partition coefficient (Wildman–Crippen LogP) is 3.33. The number of morpholine rings is 1. The molecule has 1 amide bonds. The minimum absolute atomic E-state index is 0.156. The van der Waals surface area contributed by atoms with Crippen LogP contribution in [0, 0.1) is 0 Å². The van der Waals surface area contributed by atoms with Gasteiger partial charge in [0.25, 0.3) is 5.91 Å². The molecule has 0 radical (unpaired) electrons. The van der Waals surface area contributed by atoms with E-state index in [2.05, 4.69) is 26.8 Å². The molecule has 1 aliphatic carbocycles. The first-order valence-corrected chi connectivity index (χ1v) is 11.4. The minimum Gasteiger partial charge on any atom is -0.381 e. The summed E-state index contributed by atoms with van der Waals surface area (Å²) in [6.07, 6.45) is 4.40. The van der Waals surface area contributed by atoms with Gasteiger partial charge in [-0.15, -0.1) is 11.3 Å². The lowest BCUT2D eigenvalue weighted by Gasteiger charge is -2.48. The lowest BCUT2D eigenvalue weighted by atomic mass is 9.79. The van der Waals surface area contributed by atoms with Crippen LogP contribution in [-0.4, -0.2) is 60.0 Å². The van der Waals surface area contributed by atoms with E-state index in [0.717, 1.165) is 45.2 Å². The van der Waals surface area contributed by atoms with Crippen LogP contribution < -0.4 is 11.1 Å². The highest BCUT2D eigenvalue weighted by atomic mass is 32.1. The molecule has 2 aliphatic rings. The van der Waals surface area contributed by atoms with Gasteiger partial charge in [0.15, 0.2) is 16.5 Å². The molecule has 32 heavy (non-hydrogen) atoms. The van der Waals surface area contributed by atoms with Crippen molar-refractivity contribution in [3.8, 4) is 0 Å². The van der Waals surface area contributed by atoms with Crippen molar-refractivity contribution in [2.45, 2.75) is 43.8 Å². The minimum atomic E-state index is -4.79. The van der Waals surface area contributed by atoms with Gasteiger partial charge in [-0.2, -0.15) is 13.2 Å². The molecule has 1 saturated heterocycles. The number of carbonyl (C=O) groups is 1. The average molecular weight is 472 g/mol. The summed E-state index contributed by atoms with van der Waals surface area (Å²) in [5, 5.41) is 2.61. The number of thiazole rings is 1. The molecule has 1 aromatic heterocycles. The maximum atomic E-state index is 13.6. The van der Waals surface area contributed by atoms with Crippen molar-refractivity contribution < 1.29 is 22.7 Å². The number of nitrogens with two attached hydrogens (primary N) is 1. The summed E-state index contributed by atoms with van der Waals surface area (Å²) in [5.74, 6) is -0.997. The number of hydrogen-bond acceptors (Lipinski definition) is 6. The maximum Gasteiger partial charge on any atom is 0.435 e. The number of rotatable bonds is 7. The normalized spacial score (nSPS) is 20.4. The number of alkyl halides is 3. The SMILES string of the molecule is C=C/C=C\N=C(/N)c1nc(C(F)(F)F)c(C(=O)NCC2(N3CCOCC3)CCCCC2)s1. The highest BCUT2D eigenvalue weighted by Gasteiger charge is 2.42. The van der Waals surface area contributed by atoms with Gasteiger partial charge in [-0.25, -0.2) is 9.98 Å². The molecule has 7 nitrogen and oxygen atoms in total. The van der Waals surface area contributed by atoms with Crippen LogP contribution in [0.5, 0.6) is 0 Å². The van der Waals surface area contributed by atoms with Crippen LogP contribution in [0.1, 0.15) is 52.5 Å². The monoisotopic (exact) mass is 471 g/mol. The Labute approximate surface area is 189 Å². The summed E-state index contributed by atoms with van der Waals surface area (Å²) in [6.45, 7) is 6.49. The van der Waals surface area contributed by atoms with Gasteiger partial charge in [0.1, 0.15) is 4.88 Å². The van der Waals surface area contributed by atoms with E-state index in [-0.39, 0.29) is 22.9 Å². The standard InChI is InChI=1S/C21H28F3N5O2S/c1-2-3-9-26-17(25)19-28-16(21(22,23)24)15(32-19)18(30)27-14-20(7-5-4-6-8-20)29-10-12-31-13-11-29/h2-3,9H,1,4-8,10-14H2,(H2,25,26)(H,27,30)/b9-3-. The van der Waals surface area contributed by atoms with Crippen molar-refractivity contribution in [3.05, 3.63) is 40.5 Å². The van der Waals surface area contributed by atoms with Crippen LogP contribution in [0.15, 0.2) is 29.9 Å². The largest absolute Gasteiger partial charge is 0.435 e. The number of nitrogens with one attached hydrogen (secondary N) is 1. The number of allylic oxidation sites excluding steroid dienone is 2. The van der Waals surface area contributed by atoms with Crippen LogP contribution >= 0.6 is 11.3 Å². The third kappa shape index (κ3) is 5.76. The Bertz CT molecular complexity index is 869. The Morgan fingerprint density at radius 3 is 2.62 bits per heavy atom. The van der Waals surface area contributed by atoms with Crippen LogP contribution in [0.25, 0.3) is 0 Å². The van der Waals surface area contributed by atoms with E-state index in [4.69, 9.17) is 10.5 Å². The van der Waals surface area contributed by atoms with E-state index in [1.807, 2.05) is 0 Å². The molecule has 0 atom stereocenters. The van der Waals surface area contributed by atoms with Gasteiger partial charge in [0.05, 0.1) is 13.2 Å². The zero-order valence-corrected chi connectivity index (χ0v) is 18.6. The summed E-state index contributed by atoms with van der Waals surface area (Å²) in [4.78, 5) is 22.1. The summed E-state index contributed by atoms with van der Waals surface area (Å²) in [5.41, 5.74) is 4.26. The Morgan fingerprint density at radius 1 is 1.31 bits per heavy atom. The van der Waals surface area contributed by atoms with Gasteiger partial charge >= 0.3 is 6.18 Å². The Kier molecular flexibility index (Phi) is 8.07. The number of halogens is 3. The molecule has 0 aromatic carbocycles. The van der Waals surface area contributed by atoms with Crippen molar-refractivity contribution in [1.29, 1.82) is 0 Å². The summed E-state index contributed by atoms with van der Waals surface area (Å²) in [6, 6.07) is 0. The van der Waals surface area contributed by atoms with Crippen molar-refractivity contribution in [3.63, 3.8) is 0 Å². The molecule has 0 bridgehead atoms. The predicted molar refractivity (Wildman–Crippen MR) is 118 cm³/mol. The summed E-state index contributed by atoms with van der Waals surface area (Å²) in [7, 11) is 0. The highest BCUT2D eigenvalue weighted by Crippen LogP contribution is 2.36. The van der Waals surface area contributed by atoms with Gasteiger partial charge in [0.2, 0.25) is 0 Å². The number of nitrogens with zero attached hydrogens (tertiary/aromatic N) is 3. The van der Waals surface area contributed by atoms with Crippen LogP contribution in [-0.2, 0) is 10.9 Å². The first-order chi connectivity index (χ1) is 15.3. The molecule has 0 unspecified atom stereocenters. The van der Waals surface area contributed by atoms with Crippen molar-refractivity contribution in [2.24, 2.45) is 10.7 Å². The van der Waals surface area contributed by atoms with Crippen molar-refractivity contribution in [1.82, 2.24) is 15.2 Å². The topological polar surface area (TPSA) is 92.8 Å². The lowest BCUT2D eigenvalue weighted by Crippen LogP contribution is -2.59. The molecular weight excluding hydrogens is 443 g/mol. The molecule has 1 aromatic rings. The molecule has 2 heterocycles. The number of amidine groups is 1. The second kappa shape index (κ2) is 10.6. The Balaban J connectivity index is 1.81. The smallest absolute Gasteiger partial charge is 0.381 e. The molecule has 2 fully saturated rings. The molecule has 1 aliphatic heterocycles. The molecule has 3 rings (SSSR count). The van der Waals surface area contributed by atoms with Gasteiger partial charge in [-0.05, 0) is 18.9 Å². The number of carbonyl (C=O) groups excluding carboxylic acids is 1. The van der Waals surface area contributed by atoms with E-state index >= 15 is 0 Å². The molecule has 0 spiro atoms. The van der Waals surface area contributed by atoms with Crippen LogP contribution in [0.4, 0.5) is 13.2 Å². The Morgan fingerprint density at radius 2 is 2.00 bits per heavy atom. The number of aromatic nitrogens is 1. The third-order valence-corrected chi connectivity index (χ3v) is 6.88. The van der Waals surface area contributed by atoms with E-state index < -0.39 is 22.7 Å². The zero-order chi connectivity index (χ0) is 23.2. The quantitative estimate of drug-likeness (QED) is 0.362. The van der Waals surface area contributed by atoms with Crippen LogP contribution in [0.3, 0.4) is 0 Å². The summed E-state index contributed by atoms with van der Waals surface area (Å²) < 4.78 is 46.2. The fourth-order valence-electron chi connectivity index (χ4n) is 4.19. The van der Waals surface area contributed by atoms with Gasteiger partial charge in [-0.3, -0.25) is 9.69 Å². The van der Waals surface area contributed by atoms with Crippen LogP contribution in [0.2, 0.25) is 0 Å². The fraction of sp³-hybridized carbons (Fsp3) is 0.571. The lowest BCUT2D eigenvalue weighted by molar-refractivity contribution is -0.141. The van der Waals surface area contributed by atoms with E-state index in [9.17, 15) is 18.0 Å². The number of amides is 1. The van der Waals surface area contributed by atoms with Crippen molar-refractivity contribution >= 4 is 23.1 Å². The molecule has 3 N–H and O–H groups in total. The Hall–Kier alpha value is -2.24. The number of ether oxygens (including phenoxy) is 1. The van der Waals surface area contributed by atoms with E-state index in [1.165, 1.54) is 18.4 Å². The van der Waals surface area contributed by atoms with Gasteiger partial charge in [0, 0.05) is 31.4 Å². The number of aliphatic imine (C=N–C) groups is 1. The molecular formula is C21H28F3N5O2S. The van der Waals surface area contributed by atoms with Crippen molar-refractivity contribution in [2.75, 3.05) is 32.8 Å². The summed E-state index contributed by atoms with van der Waals surface area (Å²) >= 11 is 0.589. The van der Waals surface area contributed by atoms with E-state index in [0.29, 0.717) is 24.6 Å². The second-order valence-electron chi connectivity index (χ2n) is 7.85. The first-order valence-electron chi connectivity index (χ1n) is 10.6. The second-order valence-corrected chi connectivity index (χ2v) is 8.85. The number of hydrogen-bond donors (Lipinski definition) is 2. The fourth-order valence-corrected chi connectivity index (χ4v) is 5.10. The van der Waals surface area contributed by atoms with E-state index in [1.54, 1.807) is 0 Å². The highest BCUT2D eigenvalue weighted by molar-refractivity contribution is 7.15. The van der Waals surface area contributed by atoms with Gasteiger partial charge in [-0.1, -0.05) is 31.9 Å². The third-order valence-electron chi connectivity index (χ3n) is 5.80. The maximum absolute atomic E-state index is 13.6. The average Bonchev–Trinajstić information content (AvgIpc) is 3.25. The van der Waals surface area contributed by atoms with Gasteiger partial charge < -0.3 is 15.8 Å². The molecule has 176 valence electrons. The first kappa shape index (κ1) is 24.4. The zero-order valence-electron chi connectivity index (χ0n) is 17.8. The molecule has 1 saturated carbocycles.